The molecule has 0 bridgehead atoms. The minimum atomic E-state index is -1.08. The number of nitriles is 1. The van der Waals surface area contributed by atoms with Crippen LogP contribution in [-0.4, -0.2) is 65.8 Å². The van der Waals surface area contributed by atoms with Crippen molar-refractivity contribution in [3.63, 3.8) is 0 Å². The van der Waals surface area contributed by atoms with E-state index in [9.17, 15) is 9.81 Å². The number of fused-ring (bicyclic) bond motifs is 1. The Hall–Kier alpha value is -3.20. The molecule has 1 saturated heterocycles. The average molecular weight is 424 g/mol. The van der Waals surface area contributed by atoms with Crippen molar-refractivity contribution in [1.82, 2.24) is 34.0 Å². The molecule has 1 aliphatic heterocycles. The van der Waals surface area contributed by atoms with E-state index in [1.807, 2.05) is 16.6 Å². The molecule has 10 nitrogen and oxygen atoms in total. The van der Waals surface area contributed by atoms with Gasteiger partial charge in [-0.2, -0.15) is 15.5 Å². The molecule has 1 fully saturated rings. The lowest BCUT2D eigenvalue weighted by Gasteiger charge is -2.46. The first kappa shape index (κ1) is 20.1. The van der Waals surface area contributed by atoms with Crippen molar-refractivity contribution >= 4 is 28.7 Å². The quantitative estimate of drug-likeness (QED) is 0.428. The second kappa shape index (κ2) is 7.91. The first-order chi connectivity index (χ1) is 14.5. The van der Waals surface area contributed by atoms with Gasteiger partial charge in [-0.25, -0.2) is 9.50 Å². The molecule has 0 saturated carbocycles. The average Bonchev–Trinajstić information content (AvgIpc) is 3.37. The highest BCUT2D eigenvalue weighted by atomic mass is 32.2. The fraction of sp³-hybridized carbons (Fsp3) is 0.316. The molecule has 3 aromatic rings. The molecule has 0 aromatic carbocycles. The second-order valence-corrected chi connectivity index (χ2v) is 8.49. The number of rotatable bonds is 7. The molecule has 4 heterocycles. The Balaban J connectivity index is 1.76. The van der Waals surface area contributed by atoms with E-state index < -0.39 is 16.9 Å². The first-order valence-corrected chi connectivity index (χ1v) is 10.8. The Morgan fingerprint density at radius 2 is 2.23 bits per heavy atom. The molecule has 30 heavy (non-hydrogen) atoms. The SMILES string of the molecule is CN/C=C(\C=N)c1cn2nccc2c(-c2cnn(C3(CC#N)CN([S+](C)[O-])C3)c2)n1. The summed E-state index contributed by atoms with van der Waals surface area (Å²) in [7, 11) is 1.76. The number of nitrogens with one attached hydrogen (secondary N) is 2. The highest BCUT2D eigenvalue weighted by Crippen LogP contribution is 2.35. The molecule has 1 aliphatic rings. The molecule has 4 rings (SSSR count). The van der Waals surface area contributed by atoms with E-state index in [4.69, 9.17) is 10.4 Å². The molecule has 1 unspecified atom stereocenters. The van der Waals surface area contributed by atoms with Crippen molar-refractivity contribution in [3.05, 3.63) is 42.7 Å². The van der Waals surface area contributed by atoms with Gasteiger partial charge in [-0.3, -0.25) is 4.68 Å². The van der Waals surface area contributed by atoms with Crippen LogP contribution in [0, 0.1) is 16.7 Å². The third-order valence-corrected chi connectivity index (χ3v) is 6.18. The third-order valence-electron chi connectivity index (χ3n) is 5.20. The van der Waals surface area contributed by atoms with Gasteiger partial charge >= 0.3 is 0 Å². The van der Waals surface area contributed by atoms with Gasteiger partial charge in [-0.15, -0.1) is 4.31 Å². The summed E-state index contributed by atoms with van der Waals surface area (Å²) >= 11 is -1.08. The van der Waals surface area contributed by atoms with E-state index in [2.05, 4.69) is 21.6 Å². The van der Waals surface area contributed by atoms with E-state index >= 15 is 0 Å². The molecule has 11 heteroatoms. The van der Waals surface area contributed by atoms with Crippen molar-refractivity contribution in [3.8, 4) is 17.3 Å². The Kier molecular flexibility index (Phi) is 5.29. The monoisotopic (exact) mass is 423 g/mol. The van der Waals surface area contributed by atoms with E-state index in [1.165, 1.54) is 6.21 Å². The predicted octanol–water partition coefficient (Wildman–Crippen LogP) is 1.02. The van der Waals surface area contributed by atoms with Gasteiger partial charge in [0.2, 0.25) is 0 Å². The highest BCUT2D eigenvalue weighted by Gasteiger charge is 2.50. The maximum absolute atomic E-state index is 11.8. The summed E-state index contributed by atoms with van der Waals surface area (Å²) < 4.78 is 17.1. The minimum absolute atomic E-state index is 0.278. The van der Waals surface area contributed by atoms with E-state index in [0.717, 1.165) is 11.1 Å². The molecular formula is C19H21N9OS. The molecule has 0 aliphatic carbocycles. The number of hydrogen-bond acceptors (Lipinski definition) is 8. The Labute approximate surface area is 176 Å². The summed E-state index contributed by atoms with van der Waals surface area (Å²) in [5.41, 5.74) is 2.99. The summed E-state index contributed by atoms with van der Waals surface area (Å²) in [4.78, 5) is 4.76. The number of nitrogens with zero attached hydrogens (tertiary/aromatic N) is 7. The lowest BCUT2D eigenvalue weighted by Crippen LogP contribution is -2.63. The van der Waals surface area contributed by atoms with E-state index in [-0.39, 0.29) is 6.42 Å². The Morgan fingerprint density at radius 1 is 1.43 bits per heavy atom. The highest BCUT2D eigenvalue weighted by molar-refractivity contribution is 7.88. The zero-order chi connectivity index (χ0) is 21.3. The Morgan fingerprint density at radius 3 is 2.90 bits per heavy atom. The van der Waals surface area contributed by atoms with Crippen LogP contribution in [0.25, 0.3) is 22.3 Å². The van der Waals surface area contributed by atoms with Crippen molar-refractivity contribution < 1.29 is 4.55 Å². The first-order valence-electron chi connectivity index (χ1n) is 9.25. The fourth-order valence-corrected chi connectivity index (χ4v) is 4.45. The van der Waals surface area contributed by atoms with Crippen LogP contribution < -0.4 is 5.32 Å². The molecule has 154 valence electrons. The van der Waals surface area contributed by atoms with Crippen LogP contribution in [0.2, 0.25) is 0 Å². The number of allylic oxidation sites excluding steroid dienone is 1. The van der Waals surface area contributed by atoms with Gasteiger partial charge in [0.05, 0.1) is 61.1 Å². The van der Waals surface area contributed by atoms with Gasteiger partial charge < -0.3 is 15.3 Å². The van der Waals surface area contributed by atoms with Gasteiger partial charge in [-0.1, -0.05) is 0 Å². The van der Waals surface area contributed by atoms with E-state index in [0.29, 0.717) is 30.1 Å². The van der Waals surface area contributed by atoms with Gasteiger partial charge in [0.15, 0.2) is 0 Å². The van der Waals surface area contributed by atoms with Gasteiger partial charge in [0.25, 0.3) is 0 Å². The molecule has 3 aromatic heterocycles. The number of aromatic nitrogens is 5. The zero-order valence-electron chi connectivity index (χ0n) is 16.6. The van der Waals surface area contributed by atoms with Crippen molar-refractivity contribution in [2.45, 2.75) is 12.0 Å². The third kappa shape index (κ3) is 3.35. The largest absolute Gasteiger partial charge is 0.598 e. The molecule has 0 amide bonds. The second-order valence-electron chi connectivity index (χ2n) is 7.12. The van der Waals surface area contributed by atoms with Gasteiger partial charge in [0, 0.05) is 48.2 Å². The Bertz CT molecular complexity index is 1150. The fourth-order valence-electron chi connectivity index (χ4n) is 3.61. The maximum Gasteiger partial charge on any atom is 0.115 e. The lowest BCUT2D eigenvalue weighted by atomic mass is 9.89. The molecule has 1 atom stereocenters. The summed E-state index contributed by atoms with van der Waals surface area (Å²) in [6.07, 6.45) is 11.9. The van der Waals surface area contributed by atoms with Crippen LogP contribution in [0.1, 0.15) is 12.1 Å². The summed E-state index contributed by atoms with van der Waals surface area (Å²) in [5.74, 6) is 0. The molecule has 0 spiro atoms. The topological polar surface area (TPSA) is 134 Å². The van der Waals surface area contributed by atoms with Crippen molar-refractivity contribution in [2.75, 3.05) is 26.4 Å². The smallest absolute Gasteiger partial charge is 0.115 e. The normalized spacial score (nSPS) is 17.3. The molecule has 2 N–H and O–H groups in total. The van der Waals surface area contributed by atoms with Crippen LogP contribution in [0.15, 0.2) is 37.1 Å². The minimum Gasteiger partial charge on any atom is -0.598 e. The standard InChI is InChI=1S/C19H21N9OS/c1-22-8-14(7-21)16-11-27-17(3-6-23-27)18(25-16)15-9-24-28(10-15)19(4-5-20)12-26(13-19)30(2)29/h3,6-11,21-22H,4,12-13H2,1-2H3/b14-8+,21-7?. The lowest BCUT2D eigenvalue weighted by molar-refractivity contribution is 0.0724. The van der Waals surface area contributed by atoms with Crippen molar-refractivity contribution in [2.24, 2.45) is 0 Å². The summed E-state index contributed by atoms with van der Waals surface area (Å²) in [6, 6.07) is 4.10. The van der Waals surface area contributed by atoms with Crippen LogP contribution in [0.3, 0.4) is 0 Å². The van der Waals surface area contributed by atoms with Gasteiger partial charge in [-0.05, 0) is 6.07 Å². The molecular weight excluding hydrogens is 402 g/mol. The van der Waals surface area contributed by atoms with Crippen LogP contribution >= 0.6 is 0 Å². The van der Waals surface area contributed by atoms with E-state index in [1.54, 1.807) is 47.3 Å². The van der Waals surface area contributed by atoms with Gasteiger partial charge in [0.1, 0.15) is 11.8 Å². The summed E-state index contributed by atoms with van der Waals surface area (Å²) in [5, 5.41) is 28.8. The van der Waals surface area contributed by atoms with Crippen LogP contribution in [0.5, 0.6) is 0 Å². The van der Waals surface area contributed by atoms with Crippen LogP contribution in [-0.2, 0) is 16.9 Å². The molecule has 0 radical (unpaired) electrons. The van der Waals surface area contributed by atoms with Crippen LogP contribution in [0.4, 0.5) is 0 Å². The number of hydrogen-bond donors (Lipinski definition) is 2. The summed E-state index contributed by atoms with van der Waals surface area (Å²) in [6.45, 7) is 1.01. The predicted molar refractivity (Wildman–Crippen MR) is 114 cm³/mol. The maximum atomic E-state index is 11.8. The zero-order valence-corrected chi connectivity index (χ0v) is 17.4. The van der Waals surface area contributed by atoms with Crippen molar-refractivity contribution in [1.29, 1.82) is 10.7 Å².